The molecule has 2 aliphatic rings. The van der Waals surface area contributed by atoms with E-state index in [0.29, 0.717) is 11.4 Å². The number of anilines is 1. The molecule has 3 nitrogen and oxygen atoms in total. The summed E-state index contributed by atoms with van der Waals surface area (Å²) >= 11 is 6.39. The SMILES string of the molecule is CC1(C)CCCC2(CN=C(N)N2c2ccccc2Cl)C1. The largest absolute Gasteiger partial charge is 0.369 e. The molecule has 1 aromatic carbocycles. The molecule has 1 atom stereocenters. The molecule has 20 heavy (non-hydrogen) atoms. The fourth-order valence-electron chi connectivity index (χ4n) is 3.91. The monoisotopic (exact) mass is 291 g/mol. The number of hydrogen-bond donors (Lipinski definition) is 1. The quantitative estimate of drug-likeness (QED) is 0.855. The van der Waals surface area contributed by atoms with Crippen LogP contribution in [-0.2, 0) is 0 Å². The minimum Gasteiger partial charge on any atom is -0.369 e. The number of aliphatic imine (C=N–C) groups is 1. The second kappa shape index (κ2) is 4.66. The third-order valence-corrected chi connectivity index (χ3v) is 4.96. The van der Waals surface area contributed by atoms with Crippen molar-refractivity contribution in [3.8, 4) is 0 Å². The van der Waals surface area contributed by atoms with Crippen LogP contribution in [0.15, 0.2) is 29.3 Å². The minimum atomic E-state index is 0.0107. The molecule has 0 bridgehead atoms. The Labute approximate surface area is 125 Å². The summed E-state index contributed by atoms with van der Waals surface area (Å²) in [5.74, 6) is 0.607. The predicted octanol–water partition coefficient (Wildman–Crippen LogP) is 3.81. The number of rotatable bonds is 1. The van der Waals surface area contributed by atoms with Gasteiger partial charge in [-0.05, 0) is 36.8 Å². The van der Waals surface area contributed by atoms with Crippen LogP contribution in [-0.4, -0.2) is 18.0 Å². The first-order valence-electron chi connectivity index (χ1n) is 7.28. The molecular formula is C16H22ClN3. The second-order valence-corrected chi connectivity index (χ2v) is 7.29. The van der Waals surface area contributed by atoms with Gasteiger partial charge in [-0.15, -0.1) is 0 Å². The zero-order valence-corrected chi connectivity index (χ0v) is 13.0. The molecule has 0 saturated heterocycles. The molecule has 1 unspecified atom stereocenters. The van der Waals surface area contributed by atoms with Crippen LogP contribution in [0.3, 0.4) is 0 Å². The van der Waals surface area contributed by atoms with Crippen LogP contribution in [0.1, 0.15) is 39.5 Å². The summed E-state index contributed by atoms with van der Waals surface area (Å²) in [6, 6.07) is 7.92. The summed E-state index contributed by atoms with van der Waals surface area (Å²) in [7, 11) is 0. The lowest BCUT2D eigenvalue weighted by molar-refractivity contribution is 0.163. The molecule has 0 aromatic heterocycles. The van der Waals surface area contributed by atoms with Crippen LogP contribution in [0.5, 0.6) is 0 Å². The van der Waals surface area contributed by atoms with Gasteiger partial charge in [0, 0.05) is 0 Å². The molecule has 3 rings (SSSR count). The third kappa shape index (κ3) is 2.18. The summed E-state index contributed by atoms with van der Waals surface area (Å²) in [5, 5.41) is 0.746. The molecule has 1 saturated carbocycles. The lowest BCUT2D eigenvalue weighted by Crippen LogP contribution is -2.55. The summed E-state index contributed by atoms with van der Waals surface area (Å²) < 4.78 is 0. The number of nitrogens with zero attached hydrogens (tertiary/aromatic N) is 2. The summed E-state index contributed by atoms with van der Waals surface area (Å²) in [4.78, 5) is 6.73. The third-order valence-electron chi connectivity index (χ3n) is 4.64. The van der Waals surface area contributed by atoms with Crippen molar-refractivity contribution < 1.29 is 0 Å². The topological polar surface area (TPSA) is 41.6 Å². The Kier molecular flexibility index (Phi) is 3.20. The van der Waals surface area contributed by atoms with Gasteiger partial charge in [0.05, 0.1) is 22.8 Å². The highest BCUT2D eigenvalue weighted by Crippen LogP contribution is 2.48. The molecule has 0 amide bonds. The van der Waals surface area contributed by atoms with Crippen LogP contribution in [0, 0.1) is 5.41 Å². The Morgan fingerprint density at radius 3 is 2.70 bits per heavy atom. The molecule has 1 aromatic rings. The molecule has 1 spiro atoms. The Hall–Kier alpha value is -1.22. The van der Waals surface area contributed by atoms with E-state index in [4.69, 9.17) is 17.3 Å². The molecule has 2 N–H and O–H groups in total. The fourth-order valence-corrected chi connectivity index (χ4v) is 4.13. The smallest absolute Gasteiger partial charge is 0.196 e. The summed E-state index contributed by atoms with van der Waals surface area (Å²) in [5.41, 5.74) is 7.52. The Morgan fingerprint density at radius 2 is 2.00 bits per heavy atom. The lowest BCUT2D eigenvalue weighted by Gasteiger charge is -2.48. The molecule has 1 aliphatic carbocycles. The van der Waals surface area contributed by atoms with Crippen molar-refractivity contribution in [1.82, 2.24) is 0 Å². The highest BCUT2D eigenvalue weighted by molar-refractivity contribution is 6.34. The number of benzene rings is 1. The van der Waals surface area contributed by atoms with E-state index in [9.17, 15) is 0 Å². The number of nitrogens with two attached hydrogens (primary N) is 1. The summed E-state index contributed by atoms with van der Waals surface area (Å²) in [6.45, 7) is 5.47. The van der Waals surface area contributed by atoms with Gasteiger partial charge in [0.2, 0.25) is 0 Å². The summed E-state index contributed by atoms with van der Waals surface area (Å²) in [6.07, 6.45) is 4.73. The predicted molar refractivity (Wildman–Crippen MR) is 85.4 cm³/mol. The molecule has 1 aliphatic heterocycles. The van der Waals surface area contributed by atoms with Gasteiger partial charge in [-0.3, -0.25) is 4.99 Å². The average molecular weight is 292 g/mol. The van der Waals surface area contributed by atoms with Gasteiger partial charge < -0.3 is 10.6 Å². The van der Waals surface area contributed by atoms with E-state index in [1.165, 1.54) is 12.8 Å². The second-order valence-electron chi connectivity index (χ2n) is 6.88. The highest BCUT2D eigenvalue weighted by atomic mass is 35.5. The molecule has 4 heteroatoms. The molecule has 1 fully saturated rings. The number of para-hydroxylation sites is 1. The maximum atomic E-state index is 6.39. The number of hydrogen-bond acceptors (Lipinski definition) is 3. The number of guanidine groups is 1. The zero-order chi connectivity index (χ0) is 14.4. The fraction of sp³-hybridized carbons (Fsp3) is 0.562. The Bertz CT molecular complexity index is 552. The van der Waals surface area contributed by atoms with Crippen LogP contribution in [0.2, 0.25) is 5.02 Å². The van der Waals surface area contributed by atoms with Gasteiger partial charge >= 0.3 is 0 Å². The van der Waals surface area contributed by atoms with Crippen molar-refractivity contribution in [1.29, 1.82) is 0 Å². The van der Waals surface area contributed by atoms with E-state index < -0.39 is 0 Å². The zero-order valence-electron chi connectivity index (χ0n) is 12.2. The Balaban J connectivity index is 2.03. The van der Waals surface area contributed by atoms with Crippen molar-refractivity contribution >= 4 is 23.2 Å². The van der Waals surface area contributed by atoms with E-state index in [-0.39, 0.29) is 5.54 Å². The van der Waals surface area contributed by atoms with Gasteiger partial charge in [-0.2, -0.15) is 0 Å². The highest BCUT2D eigenvalue weighted by Gasteiger charge is 2.48. The van der Waals surface area contributed by atoms with E-state index in [1.54, 1.807) is 0 Å². The van der Waals surface area contributed by atoms with Gasteiger partial charge in [0.1, 0.15) is 0 Å². The minimum absolute atomic E-state index is 0.0107. The first-order valence-corrected chi connectivity index (χ1v) is 7.66. The van der Waals surface area contributed by atoms with Crippen molar-refractivity contribution in [3.05, 3.63) is 29.3 Å². The maximum Gasteiger partial charge on any atom is 0.196 e. The van der Waals surface area contributed by atoms with Gasteiger partial charge in [-0.25, -0.2) is 0 Å². The van der Waals surface area contributed by atoms with E-state index in [1.807, 2.05) is 24.3 Å². The van der Waals surface area contributed by atoms with E-state index >= 15 is 0 Å². The van der Waals surface area contributed by atoms with Crippen molar-refractivity contribution in [2.45, 2.75) is 45.1 Å². The maximum absolute atomic E-state index is 6.39. The van der Waals surface area contributed by atoms with Crippen molar-refractivity contribution in [2.75, 3.05) is 11.4 Å². The number of halogens is 1. The van der Waals surface area contributed by atoms with Crippen LogP contribution in [0.25, 0.3) is 0 Å². The van der Waals surface area contributed by atoms with E-state index in [0.717, 1.165) is 30.1 Å². The van der Waals surface area contributed by atoms with Crippen LogP contribution >= 0.6 is 11.6 Å². The normalized spacial score (nSPS) is 28.8. The van der Waals surface area contributed by atoms with Gasteiger partial charge in [0.25, 0.3) is 0 Å². The molecule has 0 radical (unpaired) electrons. The van der Waals surface area contributed by atoms with E-state index in [2.05, 4.69) is 23.7 Å². The van der Waals surface area contributed by atoms with Gasteiger partial charge in [-0.1, -0.05) is 44.0 Å². The first kappa shape index (κ1) is 13.7. The molecule has 1 heterocycles. The van der Waals surface area contributed by atoms with Crippen molar-refractivity contribution in [2.24, 2.45) is 16.1 Å². The standard InChI is InChI=1S/C16H22ClN3/c1-15(2)8-5-9-16(10-15)11-19-14(18)20(16)13-7-4-3-6-12(13)17/h3-4,6-7H,5,8-11H2,1-2H3,(H2,18,19). The Morgan fingerprint density at radius 1 is 1.25 bits per heavy atom. The molecular weight excluding hydrogens is 270 g/mol. The van der Waals surface area contributed by atoms with Crippen molar-refractivity contribution in [3.63, 3.8) is 0 Å². The average Bonchev–Trinajstić information content (AvgIpc) is 2.66. The van der Waals surface area contributed by atoms with Gasteiger partial charge in [0.15, 0.2) is 5.96 Å². The molecule has 108 valence electrons. The van der Waals surface area contributed by atoms with Crippen LogP contribution in [0.4, 0.5) is 5.69 Å². The lowest BCUT2D eigenvalue weighted by atomic mass is 9.67. The van der Waals surface area contributed by atoms with Crippen LogP contribution < -0.4 is 10.6 Å². The first-order chi connectivity index (χ1) is 9.44.